The molecule has 0 unspecified atom stereocenters. The van der Waals surface area contributed by atoms with Crippen molar-refractivity contribution in [1.29, 1.82) is 0 Å². The van der Waals surface area contributed by atoms with E-state index in [1.165, 1.54) is 83.1 Å². The van der Waals surface area contributed by atoms with Crippen molar-refractivity contribution in [2.45, 2.75) is 84.0 Å². The molecule has 0 radical (unpaired) electrons. The first kappa shape index (κ1) is 26.9. The van der Waals surface area contributed by atoms with E-state index in [1.54, 1.807) is 0 Å². The SMILES string of the molecule is C=CC(=O)OCC[N+](C)(C)CCCCCCCCCCCCCC.[Br-]. The van der Waals surface area contributed by atoms with Crippen LogP contribution in [-0.2, 0) is 9.53 Å². The Morgan fingerprint density at radius 3 is 1.72 bits per heavy atom. The molecule has 0 aliphatic carbocycles. The average Bonchev–Trinajstić information content (AvgIpc) is 2.55. The van der Waals surface area contributed by atoms with E-state index >= 15 is 0 Å². The number of rotatable bonds is 17. The summed E-state index contributed by atoms with van der Waals surface area (Å²) in [5, 5.41) is 0. The topological polar surface area (TPSA) is 26.3 Å². The maximum Gasteiger partial charge on any atom is 0.330 e. The van der Waals surface area contributed by atoms with Crippen molar-refractivity contribution < 1.29 is 31.0 Å². The smallest absolute Gasteiger partial charge is 0.330 e. The summed E-state index contributed by atoms with van der Waals surface area (Å²) in [6.45, 7) is 8.20. The maximum atomic E-state index is 11.0. The Kier molecular flexibility index (Phi) is 19.8. The van der Waals surface area contributed by atoms with Gasteiger partial charge in [-0.15, -0.1) is 0 Å². The Labute approximate surface area is 167 Å². The molecule has 0 atom stereocenters. The normalized spacial score (nSPS) is 11.0. The highest BCUT2D eigenvalue weighted by molar-refractivity contribution is 5.81. The molecule has 0 amide bonds. The molecule has 0 aromatic heterocycles. The number of hydrogen-bond acceptors (Lipinski definition) is 2. The summed E-state index contributed by atoms with van der Waals surface area (Å²) in [7, 11) is 4.42. The van der Waals surface area contributed by atoms with Crippen LogP contribution in [0, 0.1) is 0 Å². The molecule has 3 nitrogen and oxygen atoms in total. The van der Waals surface area contributed by atoms with Gasteiger partial charge in [-0.3, -0.25) is 0 Å². The van der Waals surface area contributed by atoms with E-state index in [4.69, 9.17) is 4.74 Å². The number of hydrogen-bond donors (Lipinski definition) is 0. The van der Waals surface area contributed by atoms with Gasteiger partial charge in [0.1, 0.15) is 13.2 Å². The van der Waals surface area contributed by atoms with Gasteiger partial charge in [0.05, 0.1) is 20.6 Å². The van der Waals surface area contributed by atoms with Gasteiger partial charge >= 0.3 is 5.97 Å². The number of ether oxygens (including phenoxy) is 1. The minimum absolute atomic E-state index is 0. The molecule has 0 aromatic rings. The summed E-state index contributed by atoms with van der Waals surface area (Å²) < 4.78 is 5.99. The first-order chi connectivity index (χ1) is 11.5. The number of halogens is 1. The second-order valence-corrected chi connectivity index (χ2v) is 7.64. The molecule has 0 bridgehead atoms. The van der Waals surface area contributed by atoms with Crippen molar-refractivity contribution >= 4 is 5.97 Å². The van der Waals surface area contributed by atoms with Crippen molar-refractivity contribution in [3.63, 3.8) is 0 Å². The van der Waals surface area contributed by atoms with Crippen LogP contribution in [0.2, 0.25) is 0 Å². The molecule has 0 heterocycles. The quantitative estimate of drug-likeness (QED) is 0.156. The summed E-state index contributed by atoms with van der Waals surface area (Å²) in [6.07, 6.45) is 17.9. The van der Waals surface area contributed by atoms with Gasteiger partial charge in [0.2, 0.25) is 0 Å². The fourth-order valence-corrected chi connectivity index (χ4v) is 2.94. The van der Waals surface area contributed by atoms with Crippen molar-refractivity contribution in [3.05, 3.63) is 12.7 Å². The lowest BCUT2D eigenvalue weighted by atomic mass is 10.1. The van der Waals surface area contributed by atoms with Crippen LogP contribution in [0.3, 0.4) is 0 Å². The third-order valence-corrected chi connectivity index (χ3v) is 4.72. The zero-order valence-corrected chi connectivity index (χ0v) is 18.6. The molecule has 150 valence electrons. The maximum absolute atomic E-state index is 11.0. The molecule has 25 heavy (non-hydrogen) atoms. The van der Waals surface area contributed by atoms with Gasteiger partial charge in [-0.25, -0.2) is 4.79 Å². The third-order valence-electron chi connectivity index (χ3n) is 4.72. The molecule has 4 heteroatoms. The van der Waals surface area contributed by atoms with Crippen LogP contribution in [0.5, 0.6) is 0 Å². The number of nitrogens with zero attached hydrogens (tertiary/aromatic N) is 1. The zero-order valence-electron chi connectivity index (χ0n) is 17.0. The number of carbonyl (C=O) groups excluding carboxylic acids is 1. The van der Waals surface area contributed by atoms with Crippen LogP contribution in [0.4, 0.5) is 0 Å². The van der Waals surface area contributed by atoms with Gasteiger partial charge in [0.15, 0.2) is 0 Å². The second-order valence-electron chi connectivity index (χ2n) is 7.64. The van der Waals surface area contributed by atoms with Gasteiger partial charge in [0.25, 0.3) is 0 Å². The van der Waals surface area contributed by atoms with Crippen LogP contribution in [0.1, 0.15) is 84.0 Å². The highest BCUT2D eigenvalue weighted by atomic mass is 79.9. The highest BCUT2D eigenvalue weighted by Crippen LogP contribution is 2.12. The summed E-state index contributed by atoms with van der Waals surface area (Å²) in [5.74, 6) is -0.319. The van der Waals surface area contributed by atoms with Crippen LogP contribution < -0.4 is 17.0 Å². The van der Waals surface area contributed by atoms with Crippen molar-refractivity contribution in [1.82, 2.24) is 0 Å². The second kappa shape index (κ2) is 18.4. The van der Waals surface area contributed by atoms with Crippen LogP contribution in [0.25, 0.3) is 0 Å². The van der Waals surface area contributed by atoms with Gasteiger partial charge in [-0.05, 0) is 12.8 Å². The Morgan fingerprint density at radius 2 is 1.28 bits per heavy atom. The van der Waals surface area contributed by atoms with Gasteiger partial charge in [-0.2, -0.15) is 0 Å². The highest BCUT2D eigenvalue weighted by Gasteiger charge is 2.14. The van der Waals surface area contributed by atoms with E-state index in [0.717, 1.165) is 17.6 Å². The van der Waals surface area contributed by atoms with E-state index in [0.29, 0.717) is 6.61 Å². The molecule has 0 saturated heterocycles. The predicted octanol–water partition coefficient (Wildman–Crippen LogP) is 2.50. The van der Waals surface area contributed by atoms with E-state index in [2.05, 4.69) is 27.6 Å². The Balaban J connectivity index is 0. The number of quaternary nitrogens is 1. The molecule has 0 aliphatic heterocycles. The molecule has 0 spiro atoms. The number of carbonyl (C=O) groups is 1. The van der Waals surface area contributed by atoms with Crippen LogP contribution >= 0.6 is 0 Å². The first-order valence-electron chi connectivity index (χ1n) is 10.1. The lowest BCUT2D eigenvalue weighted by molar-refractivity contribution is -0.890. The monoisotopic (exact) mass is 419 g/mol. The summed E-state index contributed by atoms with van der Waals surface area (Å²) in [6, 6.07) is 0. The minimum Gasteiger partial charge on any atom is -1.00 e. The number of esters is 1. The molecule has 0 fully saturated rings. The predicted molar refractivity (Wildman–Crippen MR) is 104 cm³/mol. The number of unbranched alkanes of at least 4 members (excludes halogenated alkanes) is 11. The van der Waals surface area contributed by atoms with Crippen LogP contribution in [0.15, 0.2) is 12.7 Å². The average molecular weight is 420 g/mol. The Hall–Kier alpha value is -0.350. The zero-order chi connectivity index (χ0) is 18.1. The molecule has 0 saturated carbocycles. The molecule has 0 aliphatic rings. The Bertz CT molecular complexity index is 319. The standard InChI is InChI=1S/C21H42NO2.BrH/c1-5-7-8-9-10-11-12-13-14-15-16-17-18-22(3,4)19-20-24-21(23)6-2;/h6H,2,5,7-20H2,1,3-4H3;1H/q+1;/p-1. The van der Waals surface area contributed by atoms with Gasteiger partial charge in [0, 0.05) is 6.08 Å². The lowest BCUT2D eigenvalue weighted by Crippen LogP contribution is -3.00. The fourth-order valence-electron chi connectivity index (χ4n) is 2.94. The first-order valence-corrected chi connectivity index (χ1v) is 10.1. The van der Waals surface area contributed by atoms with Gasteiger partial charge < -0.3 is 26.2 Å². The third kappa shape index (κ3) is 19.8. The van der Waals surface area contributed by atoms with E-state index < -0.39 is 0 Å². The van der Waals surface area contributed by atoms with Crippen molar-refractivity contribution in [2.75, 3.05) is 33.8 Å². The van der Waals surface area contributed by atoms with Crippen molar-refractivity contribution in [2.24, 2.45) is 0 Å². The fraction of sp³-hybridized carbons (Fsp3) is 0.857. The summed E-state index contributed by atoms with van der Waals surface area (Å²) >= 11 is 0. The number of likely N-dealkylation sites (N-methyl/N-ethyl adjacent to an activating group) is 1. The lowest BCUT2D eigenvalue weighted by Gasteiger charge is -2.29. The van der Waals surface area contributed by atoms with Gasteiger partial charge in [-0.1, -0.05) is 77.7 Å². The Morgan fingerprint density at radius 1 is 0.840 bits per heavy atom. The van der Waals surface area contributed by atoms with Crippen LogP contribution in [-0.4, -0.2) is 44.2 Å². The van der Waals surface area contributed by atoms with E-state index in [1.807, 2.05) is 0 Å². The van der Waals surface area contributed by atoms with E-state index in [-0.39, 0.29) is 23.0 Å². The molecule has 0 aromatic carbocycles. The molecule has 0 rings (SSSR count). The minimum atomic E-state index is -0.319. The van der Waals surface area contributed by atoms with E-state index in [9.17, 15) is 4.79 Å². The largest absolute Gasteiger partial charge is 1.00 e. The van der Waals surface area contributed by atoms with Crippen molar-refractivity contribution in [3.8, 4) is 0 Å². The summed E-state index contributed by atoms with van der Waals surface area (Å²) in [4.78, 5) is 11.0. The molecular formula is C21H42BrNO2. The summed E-state index contributed by atoms with van der Waals surface area (Å²) in [5.41, 5.74) is 0. The molecular weight excluding hydrogens is 378 g/mol. The molecule has 0 N–H and O–H groups in total.